The molecule has 20 heavy (non-hydrogen) atoms. The number of likely N-dealkylation sites (tertiary alicyclic amines) is 1. The van der Waals surface area contributed by atoms with Crippen LogP contribution in [0.15, 0.2) is 24.5 Å². The lowest BCUT2D eigenvalue weighted by atomic mass is 9.89. The van der Waals surface area contributed by atoms with Crippen LogP contribution in [-0.2, 0) is 9.59 Å². The van der Waals surface area contributed by atoms with Crippen LogP contribution < -0.4 is 0 Å². The summed E-state index contributed by atoms with van der Waals surface area (Å²) in [6.07, 6.45) is 5.72. The summed E-state index contributed by atoms with van der Waals surface area (Å²) in [6, 6.07) is 3.23. The number of carboxylic acids is 1. The van der Waals surface area contributed by atoms with Gasteiger partial charge >= 0.3 is 5.97 Å². The Hall–Kier alpha value is -1.91. The van der Waals surface area contributed by atoms with Gasteiger partial charge in [0.25, 0.3) is 0 Å². The SMILES string of the molecule is CCCN1C(=O)CCCC(C(=O)O)C1c1ccncc1. The number of nitrogens with zero attached hydrogens (tertiary/aromatic N) is 2. The molecule has 0 aliphatic carbocycles. The van der Waals surface area contributed by atoms with E-state index >= 15 is 0 Å². The number of pyridine rings is 1. The third-order valence-electron chi connectivity index (χ3n) is 3.77. The van der Waals surface area contributed by atoms with Crippen molar-refractivity contribution in [3.8, 4) is 0 Å². The van der Waals surface area contributed by atoms with E-state index in [1.54, 1.807) is 17.3 Å². The predicted molar refractivity (Wildman–Crippen MR) is 74.0 cm³/mol. The maximum Gasteiger partial charge on any atom is 0.308 e. The molecule has 108 valence electrons. The van der Waals surface area contributed by atoms with Crippen molar-refractivity contribution >= 4 is 11.9 Å². The first-order valence-electron chi connectivity index (χ1n) is 7.07. The van der Waals surface area contributed by atoms with Gasteiger partial charge in [-0.3, -0.25) is 14.6 Å². The molecule has 1 aliphatic rings. The standard InChI is InChI=1S/C15H20N2O3/c1-2-10-17-13(18)5-3-4-12(15(19)20)14(17)11-6-8-16-9-7-11/h6-9,12,14H,2-5,10H2,1H3,(H,19,20). The van der Waals surface area contributed by atoms with Crippen LogP contribution in [0.5, 0.6) is 0 Å². The van der Waals surface area contributed by atoms with Crippen molar-refractivity contribution in [2.24, 2.45) is 5.92 Å². The first-order valence-corrected chi connectivity index (χ1v) is 7.07. The molecular weight excluding hydrogens is 256 g/mol. The van der Waals surface area contributed by atoms with Gasteiger partial charge in [-0.1, -0.05) is 6.92 Å². The Kier molecular flexibility index (Phi) is 4.71. The minimum Gasteiger partial charge on any atom is -0.481 e. The van der Waals surface area contributed by atoms with Gasteiger partial charge in [-0.15, -0.1) is 0 Å². The van der Waals surface area contributed by atoms with Gasteiger partial charge in [0.2, 0.25) is 5.91 Å². The predicted octanol–water partition coefficient (Wildman–Crippen LogP) is 2.25. The van der Waals surface area contributed by atoms with Crippen LogP contribution >= 0.6 is 0 Å². The Morgan fingerprint density at radius 1 is 1.45 bits per heavy atom. The number of carbonyl (C=O) groups is 2. The molecule has 0 spiro atoms. The highest BCUT2D eigenvalue weighted by Gasteiger charge is 2.38. The number of aromatic nitrogens is 1. The zero-order valence-electron chi connectivity index (χ0n) is 11.7. The zero-order valence-corrected chi connectivity index (χ0v) is 11.7. The largest absolute Gasteiger partial charge is 0.481 e. The molecular formula is C15H20N2O3. The summed E-state index contributed by atoms with van der Waals surface area (Å²) in [4.78, 5) is 29.6. The third kappa shape index (κ3) is 2.98. The van der Waals surface area contributed by atoms with E-state index < -0.39 is 11.9 Å². The van der Waals surface area contributed by atoms with E-state index in [-0.39, 0.29) is 11.9 Å². The molecule has 2 unspecified atom stereocenters. The molecule has 5 nitrogen and oxygen atoms in total. The average molecular weight is 276 g/mol. The van der Waals surface area contributed by atoms with Crippen molar-refractivity contribution in [3.05, 3.63) is 30.1 Å². The first-order chi connectivity index (χ1) is 9.65. The summed E-state index contributed by atoms with van der Waals surface area (Å²) >= 11 is 0. The summed E-state index contributed by atoms with van der Waals surface area (Å²) in [5.41, 5.74) is 0.858. The molecule has 1 saturated heterocycles. The van der Waals surface area contributed by atoms with Gasteiger partial charge in [0, 0.05) is 25.4 Å². The fourth-order valence-electron chi connectivity index (χ4n) is 2.88. The lowest BCUT2D eigenvalue weighted by molar-refractivity contribution is -0.146. The molecule has 1 aliphatic heterocycles. The molecule has 0 radical (unpaired) electrons. The normalized spacial score (nSPS) is 23.4. The van der Waals surface area contributed by atoms with Gasteiger partial charge in [0.15, 0.2) is 0 Å². The van der Waals surface area contributed by atoms with Crippen molar-refractivity contribution in [2.45, 2.75) is 38.6 Å². The zero-order chi connectivity index (χ0) is 14.5. The third-order valence-corrected chi connectivity index (χ3v) is 3.77. The summed E-state index contributed by atoms with van der Waals surface area (Å²) in [6.45, 7) is 2.59. The number of hydrogen-bond donors (Lipinski definition) is 1. The maximum absolute atomic E-state index is 12.3. The second-order valence-electron chi connectivity index (χ2n) is 5.15. The van der Waals surface area contributed by atoms with Gasteiger partial charge < -0.3 is 10.0 Å². The van der Waals surface area contributed by atoms with E-state index in [0.29, 0.717) is 25.8 Å². The monoisotopic (exact) mass is 276 g/mol. The van der Waals surface area contributed by atoms with E-state index in [1.807, 2.05) is 19.1 Å². The van der Waals surface area contributed by atoms with Crippen LogP contribution in [0.1, 0.15) is 44.2 Å². The lowest BCUT2D eigenvalue weighted by Crippen LogP contribution is -2.39. The molecule has 5 heteroatoms. The second kappa shape index (κ2) is 6.50. The second-order valence-corrected chi connectivity index (χ2v) is 5.15. The van der Waals surface area contributed by atoms with E-state index in [4.69, 9.17) is 0 Å². The quantitative estimate of drug-likeness (QED) is 0.915. The molecule has 1 fully saturated rings. The molecule has 0 aromatic carbocycles. The van der Waals surface area contributed by atoms with Crippen LogP contribution in [-0.4, -0.2) is 33.4 Å². The number of carboxylic acid groups (broad SMARTS) is 1. The maximum atomic E-state index is 12.3. The van der Waals surface area contributed by atoms with Crippen LogP contribution in [0.4, 0.5) is 0 Å². The number of rotatable bonds is 4. The number of aliphatic carboxylic acids is 1. The van der Waals surface area contributed by atoms with Crippen molar-refractivity contribution in [3.63, 3.8) is 0 Å². The Balaban J connectivity index is 2.43. The number of carbonyl (C=O) groups excluding carboxylic acids is 1. The molecule has 2 heterocycles. The molecule has 1 aromatic rings. The van der Waals surface area contributed by atoms with Crippen molar-refractivity contribution in [1.82, 2.24) is 9.88 Å². The highest BCUT2D eigenvalue weighted by Crippen LogP contribution is 2.35. The first kappa shape index (κ1) is 14.5. The van der Waals surface area contributed by atoms with Crippen LogP contribution in [0, 0.1) is 5.92 Å². The molecule has 1 aromatic heterocycles. The van der Waals surface area contributed by atoms with Gasteiger partial charge in [-0.2, -0.15) is 0 Å². The number of hydrogen-bond acceptors (Lipinski definition) is 3. The summed E-state index contributed by atoms with van der Waals surface area (Å²) < 4.78 is 0. The highest BCUT2D eigenvalue weighted by atomic mass is 16.4. The lowest BCUT2D eigenvalue weighted by Gasteiger charge is -2.33. The van der Waals surface area contributed by atoms with Crippen molar-refractivity contribution in [2.75, 3.05) is 6.54 Å². The van der Waals surface area contributed by atoms with Gasteiger partial charge in [0.1, 0.15) is 0 Å². The Bertz CT molecular complexity index is 475. The van der Waals surface area contributed by atoms with Crippen LogP contribution in [0.2, 0.25) is 0 Å². The fraction of sp³-hybridized carbons (Fsp3) is 0.533. The van der Waals surface area contributed by atoms with E-state index in [2.05, 4.69) is 4.98 Å². The Morgan fingerprint density at radius 2 is 2.15 bits per heavy atom. The summed E-state index contributed by atoms with van der Waals surface area (Å²) in [5.74, 6) is -1.32. The van der Waals surface area contributed by atoms with Crippen molar-refractivity contribution < 1.29 is 14.7 Å². The summed E-state index contributed by atoms with van der Waals surface area (Å²) in [7, 11) is 0. The van der Waals surface area contributed by atoms with Gasteiger partial charge in [-0.05, 0) is 37.0 Å². The topological polar surface area (TPSA) is 70.5 Å². The van der Waals surface area contributed by atoms with Crippen LogP contribution in [0.25, 0.3) is 0 Å². The molecule has 2 rings (SSSR count). The highest BCUT2D eigenvalue weighted by molar-refractivity contribution is 5.79. The number of amides is 1. The molecule has 0 bridgehead atoms. The molecule has 0 saturated carbocycles. The summed E-state index contributed by atoms with van der Waals surface area (Å²) in [5, 5.41) is 9.51. The van der Waals surface area contributed by atoms with Crippen LogP contribution in [0.3, 0.4) is 0 Å². The Labute approximate surface area is 118 Å². The van der Waals surface area contributed by atoms with Gasteiger partial charge in [-0.25, -0.2) is 0 Å². The van der Waals surface area contributed by atoms with Crippen molar-refractivity contribution in [1.29, 1.82) is 0 Å². The minimum absolute atomic E-state index is 0.0532. The van der Waals surface area contributed by atoms with E-state index in [1.165, 1.54) is 0 Å². The van der Waals surface area contributed by atoms with E-state index in [0.717, 1.165) is 12.0 Å². The fourth-order valence-corrected chi connectivity index (χ4v) is 2.88. The van der Waals surface area contributed by atoms with E-state index in [9.17, 15) is 14.7 Å². The smallest absolute Gasteiger partial charge is 0.308 e. The Morgan fingerprint density at radius 3 is 2.75 bits per heavy atom. The molecule has 2 atom stereocenters. The minimum atomic E-state index is -0.831. The van der Waals surface area contributed by atoms with Gasteiger partial charge in [0.05, 0.1) is 12.0 Å². The molecule has 1 N–H and O–H groups in total. The average Bonchev–Trinajstić information content (AvgIpc) is 2.60. The molecule has 1 amide bonds.